The Hall–Kier alpha value is -2.19. The summed E-state index contributed by atoms with van der Waals surface area (Å²) in [7, 11) is 1.24. The van der Waals surface area contributed by atoms with Crippen molar-refractivity contribution in [2.75, 3.05) is 13.7 Å². The summed E-state index contributed by atoms with van der Waals surface area (Å²) < 4.78 is 6.41. The number of methoxy groups -OCH3 is 1. The molecule has 0 saturated carbocycles. The molecule has 2 amide bonds. The lowest BCUT2D eigenvalue weighted by atomic mass is 10.1. The number of hydrogen-bond acceptors (Lipinski definition) is 4. The molecule has 0 saturated heterocycles. The Morgan fingerprint density at radius 2 is 1.24 bits per heavy atom. The molecular formula is C21H22Br2N2O4. The molecule has 0 aromatic heterocycles. The van der Waals surface area contributed by atoms with Gasteiger partial charge >= 0.3 is 5.97 Å². The van der Waals surface area contributed by atoms with Crippen molar-refractivity contribution < 1.29 is 19.1 Å². The maximum Gasteiger partial charge on any atom is 0.327 e. The monoisotopic (exact) mass is 524 g/mol. The number of amides is 2. The van der Waals surface area contributed by atoms with E-state index in [0.717, 1.165) is 14.0 Å². The van der Waals surface area contributed by atoms with E-state index >= 15 is 0 Å². The van der Waals surface area contributed by atoms with Crippen LogP contribution in [0.3, 0.4) is 0 Å². The second kappa shape index (κ2) is 9.54. The zero-order valence-corrected chi connectivity index (χ0v) is 19.8. The Morgan fingerprint density at radius 3 is 1.62 bits per heavy atom. The van der Waals surface area contributed by atoms with Gasteiger partial charge in [-0.1, -0.05) is 31.9 Å². The van der Waals surface area contributed by atoms with Crippen LogP contribution in [0.25, 0.3) is 0 Å². The first-order valence-electron chi connectivity index (χ1n) is 8.79. The number of carbonyl (C=O) groups excluding carboxylic acids is 3. The van der Waals surface area contributed by atoms with Gasteiger partial charge < -0.3 is 4.74 Å². The molecule has 0 atom stereocenters. The third-order valence-electron chi connectivity index (χ3n) is 3.99. The summed E-state index contributed by atoms with van der Waals surface area (Å²) in [6.07, 6.45) is 0. The number of halogens is 2. The van der Waals surface area contributed by atoms with Gasteiger partial charge in [-0.15, -0.1) is 0 Å². The molecule has 0 aliphatic rings. The largest absolute Gasteiger partial charge is 0.468 e. The minimum atomic E-state index is -0.788. The topological polar surface area (TPSA) is 66.9 Å². The number of carbonyl (C=O) groups is 3. The van der Waals surface area contributed by atoms with Gasteiger partial charge in [0, 0.05) is 20.1 Å². The molecule has 0 spiro atoms. The summed E-state index contributed by atoms with van der Waals surface area (Å²) in [6.45, 7) is 4.99. The van der Waals surface area contributed by atoms with Crippen LogP contribution in [0.1, 0.15) is 41.5 Å². The maximum absolute atomic E-state index is 13.4. The Kier molecular flexibility index (Phi) is 7.60. The second-order valence-electron chi connectivity index (χ2n) is 7.24. The summed E-state index contributed by atoms with van der Waals surface area (Å²) in [4.78, 5) is 38.7. The predicted molar refractivity (Wildman–Crippen MR) is 117 cm³/mol. The molecule has 8 heteroatoms. The highest BCUT2D eigenvalue weighted by Crippen LogP contribution is 2.24. The van der Waals surface area contributed by atoms with Gasteiger partial charge in [0.15, 0.2) is 0 Å². The van der Waals surface area contributed by atoms with Gasteiger partial charge in [0.2, 0.25) is 0 Å². The smallest absolute Gasteiger partial charge is 0.327 e. The minimum absolute atomic E-state index is 0.343. The molecule has 0 heterocycles. The van der Waals surface area contributed by atoms with E-state index < -0.39 is 29.9 Å². The summed E-state index contributed by atoms with van der Waals surface area (Å²) in [5.74, 6) is -1.52. The molecule has 2 aromatic carbocycles. The average Bonchev–Trinajstić information content (AvgIpc) is 2.66. The highest BCUT2D eigenvalue weighted by molar-refractivity contribution is 9.10. The first-order valence-corrected chi connectivity index (χ1v) is 10.4. The molecule has 0 aliphatic heterocycles. The zero-order valence-electron chi connectivity index (χ0n) is 16.6. The van der Waals surface area contributed by atoms with E-state index in [2.05, 4.69) is 31.9 Å². The number of nitrogens with zero attached hydrogens (tertiary/aromatic N) is 2. The van der Waals surface area contributed by atoms with Crippen LogP contribution in [0.15, 0.2) is 57.5 Å². The van der Waals surface area contributed by atoms with E-state index in [1.165, 1.54) is 12.1 Å². The van der Waals surface area contributed by atoms with E-state index in [4.69, 9.17) is 4.74 Å². The molecule has 2 rings (SSSR count). The van der Waals surface area contributed by atoms with Crippen LogP contribution in [0, 0.1) is 0 Å². The third-order valence-corrected chi connectivity index (χ3v) is 5.05. The van der Waals surface area contributed by atoms with Gasteiger partial charge in [0.25, 0.3) is 11.8 Å². The van der Waals surface area contributed by atoms with Crippen molar-refractivity contribution in [2.45, 2.75) is 26.3 Å². The van der Waals surface area contributed by atoms with Crippen LogP contribution < -0.4 is 0 Å². The molecule has 2 aromatic rings. The van der Waals surface area contributed by atoms with Crippen LogP contribution in [0.5, 0.6) is 0 Å². The lowest BCUT2D eigenvalue weighted by Crippen LogP contribution is -2.59. The number of hydrogen-bond donors (Lipinski definition) is 0. The standard InChI is InChI=1S/C21H22Br2N2O4/c1-21(2,3)25(20(28)15-7-11-17(23)12-8-15)24(13-18(26)29-4)19(27)14-5-9-16(22)10-6-14/h5-12H,13H2,1-4H3. The number of rotatable bonds is 4. The van der Waals surface area contributed by atoms with Crippen molar-refractivity contribution in [3.05, 3.63) is 68.6 Å². The summed E-state index contributed by atoms with van der Waals surface area (Å²) in [5, 5.41) is 2.44. The number of benzene rings is 2. The molecule has 154 valence electrons. The molecule has 0 bridgehead atoms. The minimum Gasteiger partial charge on any atom is -0.468 e. The van der Waals surface area contributed by atoms with Crippen LogP contribution in [-0.2, 0) is 9.53 Å². The van der Waals surface area contributed by atoms with Crippen molar-refractivity contribution in [2.24, 2.45) is 0 Å². The van der Waals surface area contributed by atoms with Crippen molar-refractivity contribution >= 4 is 49.6 Å². The third kappa shape index (κ3) is 5.90. The Labute approximate surface area is 187 Å². The van der Waals surface area contributed by atoms with Crippen LogP contribution in [0.4, 0.5) is 0 Å². The Bertz CT molecular complexity index is 890. The second-order valence-corrected chi connectivity index (χ2v) is 9.07. The molecule has 29 heavy (non-hydrogen) atoms. The molecule has 6 nitrogen and oxygen atoms in total. The van der Waals surface area contributed by atoms with E-state index in [1.807, 2.05) is 0 Å². The number of hydrazine groups is 1. The van der Waals surface area contributed by atoms with Gasteiger partial charge in [0.1, 0.15) is 6.54 Å². The zero-order chi connectivity index (χ0) is 21.8. The molecule has 0 N–H and O–H groups in total. The fourth-order valence-corrected chi connectivity index (χ4v) is 3.18. The molecule has 0 fully saturated rings. The average molecular weight is 526 g/mol. The molecular weight excluding hydrogens is 504 g/mol. The lowest BCUT2D eigenvalue weighted by Gasteiger charge is -2.43. The van der Waals surface area contributed by atoms with Crippen molar-refractivity contribution in [3.63, 3.8) is 0 Å². The summed E-state index contributed by atoms with van der Waals surface area (Å²) in [6, 6.07) is 13.5. The van der Waals surface area contributed by atoms with Crippen molar-refractivity contribution in [3.8, 4) is 0 Å². The Balaban J connectivity index is 2.53. The quantitative estimate of drug-likeness (QED) is 0.429. The first kappa shape index (κ1) is 23.1. The molecule has 0 aliphatic carbocycles. The van der Waals surface area contributed by atoms with Gasteiger partial charge in [-0.05, 0) is 69.3 Å². The fraction of sp³-hybridized carbons (Fsp3) is 0.286. The number of esters is 1. The van der Waals surface area contributed by atoms with Gasteiger partial charge in [-0.2, -0.15) is 0 Å². The molecule has 0 unspecified atom stereocenters. The van der Waals surface area contributed by atoms with Crippen molar-refractivity contribution in [1.29, 1.82) is 0 Å². The highest BCUT2D eigenvalue weighted by Gasteiger charge is 2.37. The van der Waals surface area contributed by atoms with E-state index in [1.54, 1.807) is 69.3 Å². The maximum atomic E-state index is 13.4. The van der Waals surface area contributed by atoms with Crippen LogP contribution in [-0.4, -0.2) is 47.0 Å². The van der Waals surface area contributed by atoms with Gasteiger partial charge in [-0.3, -0.25) is 14.4 Å². The van der Waals surface area contributed by atoms with E-state index in [9.17, 15) is 14.4 Å². The van der Waals surface area contributed by atoms with Gasteiger partial charge in [-0.25, -0.2) is 10.0 Å². The van der Waals surface area contributed by atoms with Gasteiger partial charge in [0.05, 0.1) is 12.6 Å². The van der Waals surface area contributed by atoms with E-state index in [-0.39, 0.29) is 0 Å². The normalized spacial score (nSPS) is 11.0. The van der Waals surface area contributed by atoms with E-state index in [0.29, 0.717) is 11.1 Å². The SMILES string of the molecule is COC(=O)CN(C(=O)c1ccc(Br)cc1)N(C(=O)c1ccc(Br)cc1)C(C)(C)C. The van der Waals surface area contributed by atoms with Crippen LogP contribution in [0.2, 0.25) is 0 Å². The summed E-state index contributed by atoms with van der Waals surface area (Å²) in [5.41, 5.74) is -0.0556. The summed E-state index contributed by atoms with van der Waals surface area (Å²) >= 11 is 6.68. The van der Waals surface area contributed by atoms with Crippen molar-refractivity contribution in [1.82, 2.24) is 10.0 Å². The Morgan fingerprint density at radius 1 is 0.828 bits per heavy atom. The lowest BCUT2D eigenvalue weighted by molar-refractivity contribution is -0.145. The number of ether oxygens (including phenoxy) is 1. The predicted octanol–water partition coefficient (Wildman–Crippen LogP) is 4.68. The molecule has 0 radical (unpaired) electrons. The van der Waals surface area contributed by atoms with Crippen LogP contribution >= 0.6 is 31.9 Å². The fourth-order valence-electron chi connectivity index (χ4n) is 2.65. The first-order chi connectivity index (χ1) is 13.5. The highest BCUT2D eigenvalue weighted by atomic mass is 79.9.